The van der Waals surface area contributed by atoms with Crippen LogP contribution in [0.25, 0.3) is 0 Å². The molecule has 2 N–H and O–H groups in total. The number of fused-ring (bicyclic) bond motifs is 1. The molecule has 120 valence electrons. The van der Waals surface area contributed by atoms with E-state index in [1.165, 1.54) is 18.2 Å². The molecule has 0 radical (unpaired) electrons. The van der Waals surface area contributed by atoms with E-state index in [-0.39, 0.29) is 24.0 Å². The van der Waals surface area contributed by atoms with E-state index in [9.17, 15) is 13.6 Å². The summed E-state index contributed by atoms with van der Waals surface area (Å²) in [7, 11) is 0. The smallest absolute Gasteiger partial charge is 0.395 e. The van der Waals surface area contributed by atoms with Crippen molar-refractivity contribution in [2.75, 3.05) is 17.2 Å². The Morgan fingerprint density at radius 2 is 1.70 bits per heavy atom. The van der Waals surface area contributed by atoms with E-state index >= 15 is 0 Å². The zero-order valence-corrected chi connectivity index (χ0v) is 12.2. The fourth-order valence-corrected chi connectivity index (χ4v) is 2.08. The molecule has 2 aromatic rings. The van der Waals surface area contributed by atoms with Crippen molar-refractivity contribution in [3.8, 4) is 11.5 Å². The topological polar surface area (TPSA) is 59.6 Å². The number of rotatable bonds is 4. The van der Waals surface area contributed by atoms with Crippen molar-refractivity contribution in [1.82, 2.24) is 0 Å². The van der Waals surface area contributed by atoms with Crippen LogP contribution in [0.5, 0.6) is 11.5 Å². The molecule has 0 saturated carbocycles. The van der Waals surface area contributed by atoms with Crippen LogP contribution < -0.4 is 20.1 Å². The number of carbonyl (C=O) groups is 1. The van der Waals surface area contributed by atoms with E-state index in [2.05, 4.69) is 20.1 Å². The Hall–Kier alpha value is -2.83. The Bertz CT molecular complexity index is 733. The lowest BCUT2D eigenvalue weighted by molar-refractivity contribution is -0.286. The average molecular weight is 320 g/mol. The summed E-state index contributed by atoms with van der Waals surface area (Å²) in [5.41, 5.74) is 2.26. The van der Waals surface area contributed by atoms with Crippen LogP contribution in [-0.2, 0) is 4.79 Å². The normalized spacial score (nSPS) is 14.4. The summed E-state index contributed by atoms with van der Waals surface area (Å²) < 4.78 is 34.5. The lowest BCUT2D eigenvalue weighted by Gasteiger charge is -2.08. The van der Waals surface area contributed by atoms with Crippen LogP contribution in [0.1, 0.15) is 5.56 Å². The summed E-state index contributed by atoms with van der Waals surface area (Å²) in [6, 6.07) is 11.6. The highest BCUT2D eigenvalue weighted by molar-refractivity contribution is 5.93. The molecule has 5 nitrogen and oxygen atoms in total. The Labute approximate surface area is 131 Å². The number of aryl methyl sites for hydroxylation is 1. The van der Waals surface area contributed by atoms with E-state index in [0.717, 1.165) is 5.56 Å². The summed E-state index contributed by atoms with van der Waals surface area (Å²) in [6.45, 7) is 1.94. The standard InChI is InChI=1S/C16H14F2N2O3/c1-10-2-4-11(5-3-10)20-15(21)9-19-12-6-7-13-14(8-12)23-16(17,18)22-13/h2-8,19H,9H2,1H3,(H,20,21). The number of halogens is 2. The summed E-state index contributed by atoms with van der Waals surface area (Å²) >= 11 is 0. The van der Waals surface area contributed by atoms with Crippen LogP contribution in [0.2, 0.25) is 0 Å². The van der Waals surface area contributed by atoms with Gasteiger partial charge >= 0.3 is 6.29 Å². The molecule has 0 aromatic heterocycles. The van der Waals surface area contributed by atoms with E-state index in [0.29, 0.717) is 11.4 Å². The first-order valence-corrected chi connectivity index (χ1v) is 6.92. The number of benzene rings is 2. The van der Waals surface area contributed by atoms with Crippen LogP contribution in [0.15, 0.2) is 42.5 Å². The molecule has 1 heterocycles. The lowest BCUT2D eigenvalue weighted by Crippen LogP contribution is -2.25. The maximum absolute atomic E-state index is 12.9. The van der Waals surface area contributed by atoms with Gasteiger partial charge in [0, 0.05) is 17.4 Å². The van der Waals surface area contributed by atoms with E-state index in [1.54, 1.807) is 12.1 Å². The first kappa shape index (κ1) is 15.1. The van der Waals surface area contributed by atoms with Crippen LogP contribution >= 0.6 is 0 Å². The SMILES string of the molecule is Cc1ccc(NC(=O)CNc2ccc3c(c2)OC(F)(F)O3)cc1. The van der Waals surface area contributed by atoms with Crippen LogP contribution in [0, 0.1) is 6.92 Å². The van der Waals surface area contributed by atoms with Crippen molar-refractivity contribution < 1.29 is 23.0 Å². The van der Waals surface area contributed by atoms with E-state index < -0.39 is 6.29 Å². The summed E-state index contributed by atoms with van der Waals surface area (Å²) in [5, 5.41) is 5.57. The van der Waals surface area contributed by atoms with Gasteiger partial charge in [0.05, 0.1) is 6.54 Å². The Morgan fingerprint density at radius 1 is 1.04 bits per heavy atom. The minimum absolute atomic E-state index is 0.0100. The average Bonchev–Trinajstić information content (AvgIpc) is 2.80. The molecule has 0 atom stereocenters. The molecular weight excluding hydrogens is 306 g/mol. The van der Waals surface area contributed by atoms with Gasteiger partial charge in [-0.2, -0.15) is 0 Å². The van der Waals surface area contributed by atoms with Crippen molar-refractivity contribution in [2.45, 2.75) is 13.2 Å². The van der Waals surface area contributed by atoms with Gasteiger partial charge in [-0.1, -0.05) is 17.7 Å². The number of hydrogen-bond acceptors (Lipinski definition) is 4. The zero-order chi connectivity index (χ0) is 16.4. The molecule has 1 aliphatic rings. The molecule has 0 aliphatic carbocycles. The van der Waals surface area contributed by atoms with Gasteiger partial charge in [0.15, 0.2) is 11.5 Å². The number of amides is 1. The molecule has 0 saturated heterocycles. The van der Waals surface area contributed by atoms with Crippen molar-refractivity contribution in [3.05, 3.63) is 48.0 Å². The van der Waals surface area contributed by atoms with Crippen molar-refractivity contribution in [3.63, 3.8) is 0 Å². The van der Waals surface area contributed by atoms with Gasteiger partial charge in [-0.05, 0) is 31.2 Å². The fourth-order valence-electron chi connectivity index (χ4n) is 2.08. The van der Waals surface area contributed by atoms with Crippen molar-refractivity contribution >= 4 is 17.3 Å². The molecule has 1 aliphatic heterocycles. The lowest BCUT2D eigenvalue weighted by atomic mass is 10.2. The number of ether oxygens (including phenoxy) is 2. The first-order chi connectivity index (χ1) is 10.9. The Morgan fingerprint density at radius 3 is 2.43 bits per heavy atom. The second-order valence-corrected chi connectivity index (χ2v) is 5.10. The Balaban J connectivity index is 1.57. The molecular formula is C16H14F2N2O3. The summed E-state index contributed by atoms with van der Waals surface area (Å²) in [4.78, 5) is 11.9. The predicted molar refractivity (Wildman–Crippen MR) is 80.9 cm³/mol. The minimum Gasteiger partial charge on any atom is -0.395 e. The van der Waals surface area contributed by atoms with Crippen LogP contribution in [0.3, 0.4) is 0 Å². The van der Waals surface area contributed by atoms with Gasteiger partial charge in [-0.3, -0.25) is 4.79 Å². The van der Waals surface area contributed by atoms with Crippen molar-refractivity contribution in [2.24, 2.45) is 0 Å². The number of carbonyl (C=O) groups excluding carboxylic acids is 1. The maximum atomic E-state index is 12.9. The molecule has 3 rings (SSSR count). The molecule has 7 heteroatoms. The first-order valence-electron chi connectivity index (χ1n) is 6.92. The van der Waals surface area contributed by atoms with Crippen LogP contribution in [0.4, 0.5) is 20.2 Å². The highest BCUT2D eigenvalue weighted by Crippen LogP contribution is 2.42. The monoisotopic (exact) mass is 320 g/mol. The molecule has 1 amide bonds. The fraction of sp³-hybridized carbons (Fsp3) is 0.188. The highest BCUT2D eigenvalue weighted by atomic mass is 19.3. The van der Waals surface area contributed by atoms with Gasteiger partial charge in [0.2, 0.25) is 5.91 Å². The summed E-state index contributed by atoms with van der Waals surface area (Å²) in [5.74, 6) is -0.361. The maximum Gasteiger partial charge on any atom is 0.586 e. The quantitative estimate of drug-likeness (QED) is 0.907. The van der Waals surface area contributed by atoms with Gasteiger partial charge < -0.3 is 20.1 Å². The van der Waals surface area contributed by atoms with Gasteiger partial charge in [0.1, 0.15) is 0 Å². The molecule has 0 unspecified atom stereocenters. The van der Waals surface area contributed by atoms with Gasteiger partial charge in [0.25, 0.3) is 0 Å². The second-order valence-electron chi connectivity index (χ2n) is 5.10. The number of hydrogen-bond donors (Lipinski definition) is 2. The van der Waals surface area contributed by atoms with Gasteiger partial charge in [-0.15, -0.1) is 8.78 Å². The Kier molecular flexibility index (Phi) is 3.77. The van der Waals surface area contributed by atoms with E-state index in [4.69, 9.17) is 0 Å². The minimum atomic E-state index is -3.65. The summed E-state index contributed by atoms with van der Waals surface area (Å²) in [6.07, 6.45) is -3.65. The second kappa shape index (κ2) is 5.75. The number of nitrogens with one attached hydrogen (secondary N) is 2. The van der Waals surface area contributed by atoms with Crippen LogP contribution in [-0.4, -0.2) is 18.7 Å². The predicted octanol–water partition coefficient (Wildman–Crippen LogP) is 3.37. The number of anilines is 2. The molecule has 0 fully saturated rings. The third-order valence-corrected chi connectivity index (χ3v) is 3.19. The van der Waals surface area contributed by atoms with E-state index in [1.807, 2.05) is 19.1 Å². The zero-order valence-electron chi connectivity index (χ0n) is 12.2. The molecule has 0 spiro atoms. The third kappa shape index (κ3) is 3.68. The van der Waals surface area contributed by atoms with Crippen molar-refractivity contribution in [1.29, 1.82) is 0 Å². The molecule has 23 heavy (non-hydrogen) atoms. The third-order valence-electron chi connectivity index (χ3n) is 3.19. The molecule has 2 aromatic carbocycles. The number of alkyl halides is 2. The molecule has 0 bridgehead atoms. The largest absolute Gasteiger partial charge is 0.586 e. The highest BCUT2D eigenvalue weighted by Gasteiger charge is 2.43. The van der Waals surface area contributed by atoms with Gasteiger partial charge in [-0.25, -0.2) is 0 Å².